The van der Waals surface area contributed by atoms with Crippen molar-refractivity contribution in [2.75, 3.05) is 6.26 Å². The van der Waals surface area contributed by atoms with E-state index in [1.165, 1.54) is 16.7 Å². The summed E-state index contributed by atoms with van der Waals surface area (Å²) in [5.41, 5.74) is 1.20. The van der Waals surface area contributed by atoms with Crippen molar-refractivity contribution >= 4 is 22.8 Å². The number of hydrogen-bond donors (Lipinski definition) is 0. The first kappa shape index (κ1) is 16.3. The van der Waals surface area contributed by atoms with E-state index >= 15 is 0 Å². The second-order valence-electron chi connectivity index (χ2n) is 6.26. The quantitative estimate of drug-likeness (QED) is 0.664. The highest BCUT2D eigenvalue weighted by Crippen LogP contribution is 2.42. The summed E-state index contributed by atoms with van der Waals surface area (Å²) in [6.45, 7) is -0.853. The minimum absolute atomic E-state index is 0.196. The van der Waals surface area contributed by atoms with Crippen LogP contribution < -0.4 is 0 Å². The van der Waals surface area contributed by atoms with Crippen molar-refractivity contribution in [1.29, 1.82) is 0 Å². The van der Waals surface area contributed by atoms with Crippen molar-refractivity contribution in [3.63, 3.8) is 0 Å². The van der Waals surface area contributed by atoms with Gasteiger partial charge < -0.3 is 0 Å². The zero-order valence-electron chi connectivity index (χ0n) is 15.9. The molecule has 0 spiro atoms. The Kier molecular flexibility index (Phi) is 4.48. The third-order valence-corrected chi connectivity index (χ3v) is 5.29. The fourth-order valence-corrected chi connectivity index (χ4v) is 3.91. The Labute approximate surface area is 165 Å². The van der Waals surface area contributed by atoms with E-state index in [-0.39, 0.29) is 5.91 Å². The second-order valence-corrected chi connectivity index (χ2v) is 7.03. The van der Waals surface area contributed by atoms with Gasteiger partial charge in [0.05, 0.1) is 7.89 Å². The molecule has 1 atom stereocenters. The number of carbonyl (C=O) groups is 1. The molecule has 0 saturated carbocycles. The molecule has 27 heavy (non-hydrogen) atoms. The van der Waals surface area contributed by atoms with Crippen LogP contribution in [0.4, 0.5) is 0 Å². The van der Waals surface area contributed by atoms with Gasteiger partial charge in [0, 0.05) is 0 Å². The number of aliphatic imine (C=N–C) groups is 1. The van der Waals surface area contributed by atoms with Crippen molar-refractivity contribution in [1.82, 2.24) is 4.90 Å². The van der Waals surface area contributed by atoms with Crippen molar-refractivity contribution in [3.05, 3.63) is 108 Å². The molecule has 3 nitrogen and oxygen atoms in total. The molecule has 1 aliphatic rings. The molecule has 1 unspecified atom stereocenters. The summed E-state index contributed by atoms with van der Waals surface area (Å²) in [7, 11) is 0. The van der Waals surface area contributed by atoms with E-state index in [4.69, 9.17) is 6.36 Å². The van der Waals surface area contributed by atoms with Crippen molar-refractivity contribution in [3.8, 4) is 0 Å². The fourth-order valence-electron chi connectivity index (χ4n) is 3.35. The van der Waals surface area contributed by atoms with Crippen LogP contribution in [-0.2, 0) is 16.9 Å². The Morgan fingerprint density at radius 3 is 1.85 bits per heavy atom. The molecule has 0 bridgehead atoms. The lowest BCUT2D eigenvalue weighted by molar-refractivity contribution is -0.130. The molecule has 1 aliphatic heterocycles. The Hall–Kier alpha value is -2.85. The van der Waals surface area contributed by atoms with Crippen LogP contribution in [-0.4, -0.2) is 22.2 Å². The molecule has 134 valence electrons. The molecule has 4 heteroatoms. The van der Waals surface area contributed by atoms with Crippen LogP contribution in [0.25, 0.3) is 0 Å². The van der Waals surface area contributed by atoms with Crippen molar-refractivity contribution < 1.29 is 6.17 Å². The zero-order chi connectivity index (χ0) is 19.6. The largest absolute Gasteiger partial charge is 0.284 e. The molecule has 4 rings (SSSR count). The van der Waals surface area contributed by atoms with Gasteiger partial charge in [-0.3, -0.25) is 9.69 Å². The van der Waals surface area contributed by atoms with E-state index < -0.39 is 12.1 Å². The zero-order valence-corrected chi connectivity index (χ0v) is 15.8. The highest BCUT2D eigenvalue weighted by molar-refractivity contribution is 8.13. The third-order valence-electron chi connectivity index (χ3n) is 4.64. The Morgan fingerprint density at radius 1 is 0.889 bits per heavy atom. The second kappa shape index (κ2) is 7.41. The van der Waals surface area contributed by atoms with Crippen LogP contribution in [0.2, 0.25) is 0 Å². The van der Waals surface area contributed by atoms with E-state index in [0.29, 0.717) is 5.17 Å². The molecule has 1 amide bonds. The molecule has 0 fully saturated rings. The van der Waals surface area contributed by atoms with Crippen LogP contribution in [0, 0.1) is 0 Å². The first-order valence-corrected chi connectivity index (χ1v) is 9.96. The van der Waals surface area contributed by atoms with Gasteiger partial charge in [-0.15, -0.1) is 0 Å². The van der Waals surface area contributed by atoms with Crippen molar-refractivity contribution in [2.24, 2.45) is 4.99 Å². The number of thioether (sulfide) groups is 1. The number of amidine groups is 1. The molecule has 1 heterocycles. The predicted molar refractivity (Wildman–Crippen MR) is 112 cm³/mol. The van der Waals surface area contributed by atoms with E-state index in [0.717, 1.165) is 16.7 Å². The Balaban J connectivity index is 1.89. The highest BCUT2D eigenvalue weighted by atomic mass is 32.2. The number of amides is 1. The van der Waals surface area contributed by atoms with E-state index in [1.54, 1.807) is 0 Å². The summed E-state index contributed by atoms with van der Waals surface area (Å²) >= 11 is 1.39. The number of carbonyl (C=O) groups excluding carboxylic acids is 1. The summed E-state index contributed by atoms with van der Waals surface area (Å²) in [5.74, 6) is -0.196. The van der Waals surface area contributed by atoms with Gasteiger partial charge in [-0.25, -0.2) is 4.99 Å². The highest BCUT2D eigenvalue weighted by Gasteiger charge is 2.50. The van der Waals surface area contributed by atoms with E-state index in [2.05, 4.69) is 0 Å². The number of nitrogens with zero attached hydrogens (tertiary/aromatic N) is 2. The summed E-state index contributed by atoms with van der Waals surface area (Å²) in [6, 6.07) is 28.6. The number of rotatable bonds is 4. The van der Waals surface area contributed by atoms with Gasteiger partial charge in [0.1, 0.15) is 0 Å². The van der Waals surface area contributed by atoms with Gasteiger partial charge in [0.2, 0.25) is 0 Å². The lowest BCUT2D eigenvalue weighted by atomic mass is 9.83. The average Bonchev–Trinajstić information content (AvgIpc) is 3.08. The maximum absolute atomic E-state index is 13.9. The van der Waals surface area contributed by atoms with Gasteiger partial charge in [-0.05, 0) is 22.9 Å². The van der Waals surface area contributed by atoms with Crippen LogP contribution in [0.15, 0.2) is 96.0 Å². The summed E-state index contributed by atoms with van der Waals surface area (Å²) in [5, 5.41) is 0.557. The van der Waals surface area contributed by atoms with Crippen LogP contribution in [0.5, 0.6) is 0 Å². The molecule has 0 N–H and O–H groups in total. The summed E-state index contributed by atoms with van der Waals surface area (Å²) in [6.07, 6.45) is 1.89. The molecule has 3 aromatic carbocycles. The molecule has 0 radical (unpaired) electrons. The first-order chi connectivity index (χ1) is 13.7. The van der Waals surface area contributed by atoms with E-state index in [1.807, 2.05) is 97.3 Å². The maximum Gasteiger partial charge on any atom is 0.266 e. The van der Waals surface area contributed by atoms with Crippen molar-refractivity contribution in [2.45, 2.75) is 12.1 Å². The van der Waals surface area contributed by atoms with Gasteiger partial charge in [-0.2, -0.15) is 0 Å². The Bertz CT molecular complexity index is 953. The SMILES string of the molecule is [2H]C(c1ccccc1)N1C(=O)C(c2ccccc2)(c2ccccc2)N=C1SC. The smallest absolute Gasteiger partial charge is 0.266 e. The summed E-state index contributed by atoms with van der Waals surface area (Å²) in [4.78, 5) is 20.3. The minimum Gasteiger partial charge on any atom is -0.284 e. The number of hydrogen-bond acceptors (Lipinski definition) is 3. The first-order valence-electron chi connectivity index (χ1n) is 9.32. The molecular weight excluding hydrogens is 352 g/mol. The van der Waals surface area contributed by atoms with Gasteiger partial charge in [-0.1, -0.05) is 103 Å². The molecule has 0 saturated heterocycles. The van der Waals surface area contributed by atoms with E-state index in [9.17, 15) is 4.79 Å². The topological polar surface area (TPSA) is 32.7 Å². The molecule has 3 aromatic rings. The molecular formula is C23H20N2OS. The van der Waals surface area contributed by atoms with Crippen LogP contribution in [0.3, 0.4) is 0 Å². The fraction of sp³-hybridized carbons (Fsp3) is 0.130. The maximum atomic E-state index is 13.9. The van der Waals surface area contributed by atoms with Gasteiger partial charge in [0.15, 0.2) is 10.7 Å². The normalized spacial score (nSPS) is 17.4. The summed E-state index contributed by atoms with van der Waals surface area (Å²) < 4.78 is 8.79. The molecule has 0 aromatic heterocycles. The predicted octanol–water partition coefficient (Wildman–Crippen LogP) is 4.69. The Morgan fingerprint density at radius 2 is 1.37 bits per heavy atom. The average molecular weight is 373 g/mol. The number of benzene rings is 3. The van der Waals surface area contributed by atoms with Crippen LogP contribution in [0.1, 0.15) is 18.1 Å². The van der Waals surface area contributed by atoms with Gasteiger partial charge in [0.25, 0.3) is 5.91 Å². The molecule has 0 aliphatic carbocycles. The monoisotopic (exact) mass is 373 g/mol. The van der Waals surface area contributed by atoms with Crippen LogP contribution >= 0.6 is 11.8 Å². The van der Waals surface area contributed by atoms with Gasteiger partial charge >= 0.3 is 0 Å². The third kappa shape index (κ3) is 3.06. The lowest BCUT2D eigenvalue weighted by Gasteiger charge is -2.27. The minimum atomic E-state index is -1.17. The standard InChI is InChI=1S/C23H20N2OS/c1-27-22-24-23(19-13-7-3-8-14-19,20-15-9-4-10-16-20)21(26)25(22)17-18-11-5-2-6-12-18/h2-16H,17H2,1H3/i17D. The lowest BCUT2D eigenvalue weighted by Crippen LogP contribution is -2.41.